The Kier molecular flexibility index (Phi) is 5.98. The minimum Gasteiger partial charge on any atom is -0.259 e. The Morgan fingerprint density at radius 2 is 1.50 bits per heavy atom. The first-order valence-corrected chi connectivity index (χ1v) is 11.2. The van der Waals surface area contributed by atoms with Gasteiger partial charge in [-0.3, -0.25) is 14.8 Å². The molecular formula is C26H24BrN3O2. The van der Waals surface area contributed by atoms with Gasteiger partial charge in [0.1, 0.15) is 5.69 Å². The third-order valence-corrected chi connectivity index (χ3v) is 6.66. The van der Waals surface area contributed by atoms with Crippen LogP contribution in [0, 0.1) is 37.8 Å². The van der Waals surface area contributed by atoms with Gasteiger partial charge in [-0.05, 0) is 83.6 Å². The van der Waals surface area contributed by atoms with Crippen molar-refractivity contribution in [2.75, 3.05) is 0 Å². The number of rotatable bonds is 5. The van der Waals surface area contributed by atoms with Gasteiger partial charge in [-0.1, -0.05) is 36.4 Å². The van der Waals surface area contributed by atoms with E-state index in [-0.39, 0.29) is 10.6 Å². The summed E-state index contributed by atoms with van der Waals surface area (Å²) < 4.78 is 2.84. The molecule has 0 bridgehead atoms. The lowest BCUT2D eigenvalue weighted by atomic mass is 10.0. The third kappa shape index (κ3) is 4.23. The number of hydrogen-bond donors (Lipinski definition) is 0. The molecule has 0 aliphatic rings. The van der Waals surface area contributed by atoms with Crippen LogP contribution in [0.1, 0.15) is 27.8 Å². The van der Waals surface area contributed by atoms with Gasteiger partial charge in [0.2, 0.25) is 0 Å². The molecule has 0 N–H and O–H groups in total. The van der Waals surface area contributed by atoms with E-state index in [4.69, 9.17) is 5.10 Å². The number of halogens is 1. The van der Waals surface area contributed by atoms with E-state index < -0.39 is 0 Å². The van der Waals surface area contributed by atoms with E-state index in [9.17, 15) is 10.1 Å². The molecule has 0 aliphatic carbocycles. The van der Waals surface area contributed by atoms with Gasteiger partial charge in [0, 0.05) is 23.3 Å². The fraction of sp³-hybridized carbons (Fsp3) is 0.192. The molecule has 0 atom stereocenters. The van der Waals surface area contributed by atoms with E-state index in [0.29, 0.717) is 6.54 Å². The molecule has 0 amide bonds. The molecule has 4 aromatic rings. The molecule has 162 valence electrons. The van der Waals surface area contributed by atoms with Crippen LogP contribution < -0.4 is 0 Å². The van der Waals surface area contributed by atoms with E-state index in [2.05, 4.69) is 80.0 Å². The Balaban J connectivity index is 1.88. The number of benzene rings is 3. The number of nitro groups is 1. The SMILES string of the molecule is Cc1ccc(-c2nn(Cc3cccc([N+](=O)[O-])c3)c(-c3ccc(C)c(C)c3)c2Br)cc1C. The molecule has 5 nitrogen and oxygen atoms in total. The standard InChI is InChI=1S/C26H24BrN3O2/c1-16-8-10-21(12-18(16)3)25-24(27)26(22-11-9-17(2)19(4)13-22)29(28-25)15-20-6-5-7-23(14-20)30(31)32/h5-14H,15H2,1-4H3. The second-order valence-corrected chi connectivity index (χ2v) is 8.99. The molecule has 0 unspecified atom stereocenters. The van der Waals surface area contributed by atoms with Crippen molar-refractivity contribution in [3.8, 4) is 22.5 Å². The number of non-ortho nitro benzene ring substituents is 1. The smallest absolute Gasteiger partial charge is 0.259 e. The van der Waals surface area contributed by atoms with Gasteiger partial charge < -0.3 is 0 Å². The van der Waals surface area contributed by atoms with Gasteiger partial charge in [-0.15, -0.1) is 0 Å². The molecule has 1 aromatic heterocycles. The quantitative estimate of drug-likeness (QED) is 0.220. The fourth-order valence-electron chi connectivity index (χ4n) is 3.73. The number of aromatic nitrogens is 2. The highest BCUT2D eigenvalue weighted by Gasteiger charge is 2.20. The topological polar surface area (TPSA) is 61.0 Å². The van der Waals surface area contributed by atoms with Crippen LogP contribution in [-0.4, -0.2) is 14.7 Å². The van der Waals surface area contributed by atoms with Gasteiger partial charge in [-0.2, -0.15) is 5.10 Å². The first kappa shape index (κ1) is 22.0. The zero-order valence-corrected chi connectivity index (χ0v) is 20.1. The maximum absolute atomic E-state index is 11.2. The van der Waals surface area contributed by atoms with Crippen LogP contribution in [-0.2, 0) is 6.54 Å². The van der Waals surface area contributed by atoms with Crippen LogP contribution in [0.2, 0.25) is 0 Å². The van der Waals surface area contributed by atoms with Crippen molar-refractivity contribution in [2.24, 2.45) is 0 Å². The first-order valence-electron chi connectivity index (χ1n) is 10.4. The second kappa shape index (κ2) is 8.71. The molecule has 1 heterocycles. The van der Waals surface area contributed by atoms with Crippen molar-refractivity contribution in [1.82, 2.24) is 9.78 Å². The molecule has 0 spiro atoms. The van der Waals surface area contributed by atoms with Crippen molar-refractivity contribution in [2.45, 2.75) is 34.2 Å². The van der Waals surface area contributed by atoms with Gasteiger partial charge in [0.05, 0.1) is 21.6 Å². The number of nitro benzene ring substituents is 1. The van der Waals surface area contributed by atoms with E-state index in [1.807, 2.05) is 10.7 Å². The van der Waals surface area contributed by atoms with Crippen LogP contribution >= 0.6 is 15.9 Å². The van der Waals surface area contributed by atoms with Crippen molar-refractivity contribution in [3.63, 3.8) is 0 Å². The molecular weight excluding hydrogens is 466 g/mol. The van der Waals surface area contributed by atoms with Crippen molar-refractivity contribution in [1.29, 1.82) is 0 Å². The maximum Gasteiger partial charge on any atom is 0.269 e. The van der Waals surface area contributed by atoms with Gasteiger partial charge >= 0.3 is 0 Å². The van der Waals surface area contributed by atoms with Crippen LogP contribution in [0.3, 0.4) is 0 Å². The summed E-state index contributed by atoms with van der Waals surface area (Å²) in [7, 11) is 0. The summed E-state index contributed by atoms with van der Waals surface area (Å²) in [5, 5.41) is 16.2. The molecule has 0 saturated heterocycles. The van der Waals surface area contributed by atoms with Crippen LogP contribution in [0.5, 0.6) is 0 Å². The highest BCUT2D eigenvalue weighted by Crippen LogP contribution is 2.38. The molecule has 3 aromatic carbocycles. The average molecular weight is 490 g/mol. The van der Waals surface area contributed by atoms with E-state index >= 15 is 0 Å². The summed E-state index contributed by atoms with van der Waals surface area (Å²) in [5.41, 5.74) is 9.65. The molecule has 0 radical (unpaired) electrons. The largest absolute Gasteiger partial charge is 0.269 e. The minimum atomic E-state index is -0.368. The zero-order chi connectivity index (χ0) is 23.0. The Labute approximate surface area is 196 Å². The highest BCUT2D eigenvalue weighted by molar-refractivity contribution is 9.10. The monoisotopic (exact) mass is 489 g/mol. The van der Waals surface area contributed by atoms with Crippen molar-refractivity contribution in [3.05, 3.63) is 103 Å². The highest BCUT2D eigenvalue weighted by atomic mass is 79.9. The maximum atomic E-state index is 11.2. The third-order valence-electron chi connectivity index (χ3n) is 5.91. The minimum absolute atomic E-state index is 0.0795. The Hall–Kier alpha value is -3.25. The van der Waals surface area contributed by atoms with E-state index in [1.165, 1.54) is 28.3 Å². The summed E-state index contributed by atoms with van der Waals surface area (Å²) in [4.78, 5) is 10.9. The fourth-order valence-corrected chi connectivity index (χ4v) is 4.48. The summed E-state index contributed by atoms with van der Waals surface area (Å²) in [6.45, 7) is 8.80. The average Bonchev–Trinajstić information content (AvgIpc) is 3.08. The number of hydrogen-bond acceptors (Lipinski definition) is 3. The van der Waals surface area contributed by atoms with Gasteiger partial charge in [0.25, 0.3) is 5.69 Å². The molecule has 6 heteroatoms. The van der Waals surface area contributed by atoms with Crippen LogP contribution in [0.25, 0.3) is 22.5 Å². The summed E-state index contributed by atoms with van der Waals surface area (Å²) in [6, 6.07) is 19.4. The molecule has 0 aliphatic heterocycles. The van der Waals surface area contributed by atoms with E-state index in [1.54, 1.807) is 12.1 Å². The lowest BCUT2D eigenvalue weighted by Gasteiger charge is -2.10. The van der Waals surface area contributed by atoms with Gasteiger partial charge in [-0.25, -0.2) is 0 Å². The Morgan fingerprint density at radius 3 is 2.12 bits per heavy atom. The summed E-state index contributed by atoms with van der Waals surface area (Å²) in [6.07, 6.45) is 0. The number of aryl methyl sites for hydroxylation is 4. The number of nitrogens with zero attached hydrogens (tertiary/aromatic N) is 3. The summed E-state index contributed by atoms with van der Waals surface area (Å²) >= 11 is 3.82. The molecule has 4 rings (SSSR count). The lowest BCUT2D eigenvalue weighted by molar-refractivity contribution is -0.384. The second-order valence-electron chi connectivity index (χ2n) is 8.19. The first-order chi connectivity index (χ1) is 15.2. The predicted molar refractivity (Wildman–Crippen MR) is 132 cm³/mol. The van der Waals surface area contributed by atoms with Crippen LogP contribution in [0.4, 0.5) is 5.69 Å². The van der Waals surface area contributed by atoms with E-state index in [0.717, 1.165) is 32.6 Å². The Morgan fingerprint density at radius 1 is 0.875 bits per heavy atom. The summed E-state index contributed by atoms with van der Waals surface area (Å²) in [5.74, 6) is 0. The molecule has 0 saturated carbocycles. The molecule has 0 fully saturated rings. The lowest BCUT2D eigenvalue weighted by Crippen LogP contribution is -2.05. The zero-order valence-electron chi connectivity index (χ0n) is 18.5. The Bertz CT molecular complexity index is 1340. The van der Waals surface area contributed by atoms with Crippen molar-refractivity contribution < 1.29 is 4.92 Å². The normalized spacial score (nSPS) is 11.0. The van der Waals surface area contributed by atoms with Crippen LogP contribution in [0.15, 0.2) is 65.1 Å². The predicted octanol–water partition coefficient (Wildman–Crippen LogP) is 7.17. The van der Waals surface area contributed by atoms with Gasteiger partial charge in [0.15, 0.2) is 0 Å². The van der Waals surface area contributed by atoms with Crippen molar-refractivity contribution >= 4 is 21.6 Å². The molecule has 32 heavy (non-hydrogen) atoms.